The standard InChI is InChI=1S/C21H25N5O2S/c1-2-10-26-20(27)18-19(24-17(23-18)13-16-4-3-12-29-16)25(21(26)28)11-9-14-5-7-15(22)8-6-14/h3-8,12,21,28H,2,9-11,13,22H2,1H3,(H,23,24). The lowest BCUT2D eigenvalue weighted by atomic mass is 10.1. The first-order valence-electron chi connectivity index (χ1n) is 9.78. The minimum absolute atomic E-state index is 0.206. The molecule has 1 aromatic carbocycles. The van der Waals surface area contributed by atoms with Gasteiger partial charge in [-0.15, -0.1) is 11.3 Å². The number of carbonyl (C=O) groups excluding carboxylic acids is 1. The lowest BCUT2D eigenvalue weighted by Crippen LogP contribution is -2.56. The average molecular weight is 412 g/mol. The molecule has 3 aromatic rings. The van der Waals surface area contributed by atoms with Crippen LogP contribution in [0.5, 0.6) is 0 Å². The second kappa shape index (κ2) is 8.26. The first kappa shape index (κ1) is 19.5. The number of hydrogen-bond donors (Lipinski definition) is 3. The fraction of sp³-hybridized carbons (Fsp3) is 0.333. The summed E-state index contributed by atoms with van der Waals surface area (Å²) in [5.41, 5.74) is 8.05. The van der Waals surface area contributed by atoms with Gasteiger partial charge in [-0.05, 0) is 42.0 Å². The Labute approximate surface area is 173 Å². The minimum atomic E-state index is -1.03. The van der Waals surface area contributed by atoms with Gasteiger partial charge in [0.2, 0.25) is 6.35 Å². The number of aliphatic hydroxyl groups excluding tert-OH is 1. The van der Waals surface area contributed by atoms with Gasteiger partial charge >= 0.3 is 0 Å². The van der Waals surface area contributed by atoms with E-state index in [1.807, 2.05) is 48.7 Å². The van der Waals surface area contributed by atoms with Gasteiger partial charge in [0.1, 0.15) is 11.5 Å². The van der Waals surface area contributed by atoms with Crippen molar-refractivity contribution in [2.75, 3.05) is 23.7 Å². The van der Waals surface area contributed by atoms with Crippen LogP contribution in [0.3, 0.4) is 0 Å². The Kier molecular flexibility index (Phi) is 5.55. The number of fused-ring (bicyclic) bond motifs is 1. The van der Waals surface area contributed by atoms with Crippen molar-refractivity contribution in [1.29, 1.82) is 0 Å². The number of anilines is 2. The van der Waals surface area contributed by atoms with Crippen LogP contribution in [0.4, 0.5) is 11.5 Å². The molecule has 0 aliphatic carbocycles. The van der Waals surface area contributed by atoms with Crippen LogP contribution in [-0.4, -0.2) is 45.3 Å². The van der Waals surface area contributed by atoms with Crippen LogP contribution in [0, 0.1) is 0 Å². The van der Waals surface area contributed by atoms with Crippen molar-refractivity contribution in [3.05, 3.63) is 63.7 Å². The number of aromatic nitrogens is 2. The maximum absolute atomic E-state index is 12.9. The molecule has 1 aliphatic heterocycles. The molecule has 0 bridgehead atoms. The summed E-state index contributed by atoms with van der Waals surface area (Å²) in [6.07, 6.45) is 1.08. The Hall–Kier alpha value is -2.84. The molecule has 1 atom stereocenters. The molecule has 0 saturated heterocycles. The quantitative estimate of drug-likeness (QED) is 0.519. The molecule has 0 fully saturated rings. The van der Waals surface area contributed by atoms with Crippen LogP contribution >= 0.6 is 11.3 Å². The number of benzene rings is 1. The molecule has 29 heavy (non-hydrogen) atoms. The Morgan fingerprint density at radius 2 is 2.00 bits per heavy atom. The van der Waals surface area contributed by atoms with E-state index in [4.69, 9.17) is 5.73 Å². The molecule has 0 saturated carbocycles. The van der Waals surface area contributed by atoms with Crippen LogP contribution in [0.2, 0.25) is 0 Å². The van der Waals surface area contributed by atoms with Gasteiger partial charge in [-0.25, -0.2) is 4.98 Å². The minimum Gasteiger partial charge on any atom is -0.399 e. The largest absolute Gasteiger partial charge is 0.399 e. The van der Waals surface area contributed by atoms with E-state index in [0.29, 0.717) is 37.4 Å². The van der Waals surface area contributed by atoms with Crippen molar-refractivity contribution >= 4 is 28.7 Å². The number of aliphatic hydroxyl groups is 1. The molecule has 8 heteroatoms. The number of carbonyl (C=O) groups is 1. The molecule has 2 aromatic heterocycles. The first-order valence-corrected chi connectivity index (χ1v) is 10.7. The zero-order chi connectivity index (χ0) is 20.4. The third-order valence-corrected chi connectivity index (χ3v) is 5.92. The monoisotopic (exact) mass is 411 g/mol. The van der Waals surface area contributed by atoms with Crippen LogP contribution < -0.4 is 10.6 Å². The number of nitrogens with two attached hydrogens (primary N) is 1. The molecule has 4 N–H and O–H groups in total. The first-order chi connectivity index (χ1) is 14.1. The molecule has 152 valence electrons. The van der Waals surface area contributed by atoms with Gasteiger partial charge in [-0.2, -0.15) is 0 Å². The smallest absolute Gasteiger partial charge is 0.277 e. The van der Waals surface area contributed by atoms with Crippen LogP contribution in [0.15, 0.2) is 41.8 Å². The second-order valence-corrected chi connectivity index (χ2v) is 8.20. The molecule has 4 rings (SSSR count). The lowest BCUT2D eigenvalue weighted by molar-refractivity contribution is 0.000968. The van der Waals surface area contributed by atoms with Crippen molar-refractivity contribution < 1.29 is 9.90 Å². The normalized spacial score (nSPS) is 16.3. The second-order valence-electron chi connectivity index (χ2n) is 7.17. The summed E-state index contributed by atoms with van der Waals surface area (Å²) in [6.45, 7) is 3.01. The van der Waals surface area contributed by atoms with Gasteiger partial charge in [0.05, 0.1) is 0 Å². The SMILES string of the molecule is CCCN1C(=O)c2[nH]c(Cc3cccs3)nc2N(CCc2ccc(N)cc2)C1O. The highest BCUT2D eigenvalue weighted by molar-refractivity contribution is 7.09. The van der Waals surface area contributed by atoms with E-state index in [9.17, 15) is 9.90 Å². The maximum Gasteiger partial charge on any atom is 0.277 e. The molecule has 0 spiro atoms. The number of aromatic amines is 1. The molecule has 1 aliphatic rings. The van der Waals surface area contributed by atoms with Crippen LogP contribution in [0.25, 0.3) is 0 Å². The predicted octanol–water partition coefficient (Wildman–Crippen LogP) is 2.84. The number of nitrogen functional groups attached to an aromatic ring is 1. The van der Waals surface area contributed by atoms with Crippen LogP contribution in [-0.2, 0) is 12.8 Å². The molecule has 0 radical (unpaired) electrons. The molecular formula is C21H25N5O2S. The summed E-state index contributed by atoms with van der Waals surface area (Å²) >= 11 is 1.65. The van der Waals surface area contributed by atoms with Crippen molar-refractivity contribution in [3.8, 4) is 0 Å². The maximum atomic E-state index is 12.9. The third-order valence-electron chi connectivity index (χ3n) is 5.05. The highest BCUT2D eigenvalue weighted by atomic mass is 32.1. The third kappa shape index (κ3) is 3.99. The number of nitrogens with one attached hydrogen (secondary N) is 1. The van der Waals surface area contributed by atoms with E-state index in [-0.39, 0.29) is 5.91 Å². The molecule has 7 nitrogen and oxygen atoms in total. The number of H-pyrrole nitrogens is 1. The zero-order valence-corrected chi connectivity index (χ0v) is 17.2. The summed E-state index contributed by atoms with van der Waals surface area (Å²) < 4.78 is 0. The number of amides is 1. The number of hydrogen-bond acceptors (Lipinski definition) is 6. The topological polar surface area (TPSA) is 98.5 Å². The van der Waals surface area contributed by atoms with Crippen molar-refractivity contribution in [2.45, 2.75) is 32.5 Å². The van der Waals surface area contributed by atoms with E-state index in [1.165, 1.54) is 9.78 Å². The van der Waals surface area contributed by atoms with E-state index in [1.54, 1.807) is 16.2 Å². The van der Waals surface area contributed by atoms with Crippen molar-refractivity contribution in [1.82, 2.24) is 14.9 Å². The van der Waals surface area contributed by atoms with Gasteiger partial charge in [0.15, 0.2) is 5.82 Å². The molecule has 1 unspecified atom stereocenters. The number of rotatable bonds is 7. The van der Waals surface area contributed by atoms with Gasteiger partial charge in [0, 0.05) is 30.1 Å². The van der Waals surface area contributed by atoms with Crippen molar-refractivity contribution in [2.24, 2.45) is 0 Å². The van der Waals surface area contributed by atoms with Crippen LogP contribution in [0.1, 0.15) is 40.1 Å². The molecular weight excluding hydrogens is 386 g/mol. The Morgan fingerprint density at radius 1 is 1.21 bits per heavy atom. The highest BCUT2D eigenvalue weighted by Gasteiger charge is 2.38. The Balaban J connectivity index is 1.62. The highest BCUT2D eigenvalue weighted by Crippen LogP contribution is 2.30. The van der Waals surface area contributed by atoms with Crippen molar-refractivity contribution in [3.63, 3.8) is 0 Å². The fourth-order valence-corrected chi connectivity index (χ4v) is 4.28. The van der Waals surface area contributed by atoms with Gasteiger partial charge in [-0.1, -0.05) is 25.1 Å². The van der Waals surface area contributed by atoms with E-state index < -0.39 is 6.35 Å². The number of imidazole rings is 1. The molecule has 1 amide bonds. The number of nitrogens with zero attached hydrogens (tertiary/aromatic N) is 3. The number of thiophene rings is 1. The summed E-state index contributed by atoms with van der Waals surface area (Å²) in [5.74, 6) is 1.05. The Bertz CT molecular complexity index is 968. The van der Waals surface area contributed by atoms with Gasteiger partial charge < -0.3 is 20.7 Å². The lowest BCUT2D eigenvalue weighted by Gasteiger charge is -2.40. The predicted molar refractivity (Wildman–Crippen MR) is 115 cm³/mol. The van der Waals surface area contributed by atoms with E-state index in [0.717, 1.165) is 23.5 Å². The Morgan fingerprint density at radius 3 is 2.69 bits per heavy atom. The summed E-state index contributed by atoms with van der Waals surface area (Å²) in [4.78, 5) is 25.3. The zero-order valence-electron chi connectivity index (χ0n) is 16.3. The summed E-state index contributed by atoms with van der Waals surface area (Å²) in [7, 11) is 0. The summed E-state index contributed by atoms with van der Waals surface area (Å²) in [5, 5.41) is 12.9. The van der Waals surface area contributed by atoms with Gasteiger partial charge in [0.25, 0.3) is 5.91 Å². The van der Waals surface area contributed by atoms with E-state index >= 15 is 0 Å². The summed E-state index contributed by atoms with van der Waals surface area (Å²) in [6, 6.07) is 11.7. The average Bonchev–Trinajstić information content (AvgIpc) is 3.37. The molecule has 3 heterocycles. The fourth-order valence-electron chi connectivity index (χ4n) is 3.57. The van der Waals surface area contributed by atoms with Gasteiger partial charge in [-0.3, -0.25) is 9.69 Å². The van der Waals surface area contributed by atoms with E-state index in [2.05, 4.69) is 9.97 Å².